The van der Waals surface area contributed by atoms with Crippen LogP contribution in [0.15, 0.2) is 48.2 Å². The number of carbonyl (C=O) groups is 2. The molecule has 0 spiro atoms. The fourth-order valence-electron chi connectivity index (χ4n) is 3.81. The molecule has 2 aliphatic rings. The van der Waals surface area contributed by atoms with E-state index in [0.717, 1.165) is 43.5 Å². The van der Waals surface area contributed by atoms with Crippen molar-refractivity contribution >= 4 is 46.3 Å². The van der Waals surface area contributed by atoms with Crippen LogP contribution in [0.5, 0.6) is 0 Å². The Kier molecular flexibility index (Phi) is 5.17. The van der Waals surface area contributed by atoms with E-state index < -0.39 is 0 Å². The Morgan fingerprint density at radius 1 is 0.821 bits per heavy atom. The van der Waals surface area contributed by atoms with Crippen LogP contribution in [0.3, 0.4) is 0 Å². The summed E-state index contributed by atoms with van der Waals surface area (Å²) in [6.07, 6.45) is 3.16. The molecule has 2 aliphatic heterocycles. The molecule has 0 N–H and O–H groups in total. The maximum absolute atomic E-state index is 13.4. The lowest BCUT2D eigenvalue weighted by molar-refractivity contribution is -0.120. The van der Waals surface area contributed by atoms with Crippen molar-refractivity contribution in [1.29, 1.82) is 0 Å². The van der Waals surface area contributed by atoms with Crippen LogP contribution in [0.4, 0.5) is 5.69 Å². The Bertz CT molecular complexity index is 956. The fraction of sp³-hybridized carbons (Fsp3) is 0.273. The van der Waals surface area contributed by atoms with Crippen molar-refractivity contribution in [3.8, 4) is 0 Å². The number of halogens is 2. The maximum atomic E-state index is 13.4. The third kappa shape index (κ3) is 3.43. The van der Waals surface area contributed by atoms with Crippen molar-refractivity contribution in [1.82, 2.24) is 4.90 Å². The standard InChI is InChI=1S/C22H20Cl2N2O2/c1-14-5-7-15(8-6-14)19-20(25-9-3-2-4-10-25)22(28)26(21(19)27)18-12-16(23)11-17(24)13-18/h5-8,11-13H,2-4,9-10H2,1H3. The number of amides is 2. The number of imide groups is 1. The van der Waals surface area contributed by atoms with Gasteiger partial charge in [0.15, 0.2) is 0 Å². The lowest BCUT2D eigenvalue weighted by Crippen LogP contribution is -2.37. The zero-order valence-electron chi connectivity index (χ0n) is 15.5. The van der Waals surface area contributed by atoms with E-state index in [1.807, 2.05) is 36.1 Å². The molecule has 2 heterocycles. The van der Waals surface area contributed by atoms with E-state index in [2.05, 4.69) is 0 Å². The third-order valence-corrected chi connectivity index (χ3v) is 5.61. The summed E-state index contributed by atoms with van der Waals surface area (Å²) in [5.74, 6) is -0.659. The van der Waals surface area contributed by atoms with Gasteiger partial charge in [-0.25, -0.2) is 4.90 Å². The van der Waals surface area contributed by atoms with E-state index in [9.17, 15) is 9.59 Å². The summed E-state index contributed by atoms with van der Waals surface area (Å²) in [7, 11) is 0. The predicted octanol–water partition coefficient (Wildman–Crippen LogP) is 5.07. The van der Waals surface area contributed by atoms with Gasteiger partial charge in [-0.2, -0.15) is 0 Å². The van der Waals surface area contributed by atoms with Crippen molar-refractivity contribution in [3.05, 3.63) is 69.3 Å². The Labute approximate surface area is 174 Å². The quantitative estimate of drug-likeness (QED) is 0.657. The third-order valence-electron chi connectivity index (χ3n) is 5.18. The van der Waals surface area contributed by atoms with Gasteiger partial charge in [-0.3, -0.25) is 9.59 Å². The number of rotatable bonds is 3. The number of nitrogens with zero attached hydrogens (tertiary/aromatic N) is 2. The van der Waals surface area contributed by atoms with Crippen molar-refractivity contribution < 1.29 is 9.59 Å². The average molecular weight is 415 g/mol. The van der Waals surface area contributed by atoms with Crippen molar-refractivity contribution in [2.75, 3.05) is 18.0 Å². The van der Waals surface area contributed by atoms with E-state index in [4.69, 9.17) is 23.2 Å². The highest BCUT2D eigenvalue weighted by atomic mass is 35.5. The molecule has 0 atom stereocenters. The lowest BCUT2D eigenvalue weighted by Gasteiger charge is -2.29. The normalized spacial score (nSPS) is 17.7. The first-order valence-electron chi connectivity index (χ1n) is 9.37. The molecule has 0 unspecified atom stereocenters. The van der Waals surface area contributed by atoms with Gasteiger partial charge in [0.05, 0.1) is 11.3 Å². The van der Waals surface area contributed by atoms with Gasteiger partial charge in [-0.15, -0.1) is 0 Å². The maximum Gasteiger partial charge on any atom is 0.282 e. The van der Waals surface area contributed by atoms with Gasteiger partial charge in [0, 0.05) is 23.1 Å². The minimum absolute atomic E-state index is 0.319. The predicted molar refractivity (Wildman–Crippen MR) is 112 cm³/mol. The number of aryl methyl sites for hydroxylation is 1. The van der Waals surface area contributed by atoms with Gasteiger partial charge in [0.25, 0.3) is 11.8 Å². The molecular weight excluding hydrogens is 395 g/mol. The number of hydrogen-bond donors (Lipinski definition) is 0. The summed E-state index contributed by atoms with van der Waals surface area (Å²) < 4.78 is 0. The summed E-state index contributed by atoms with van der Waals surface area (Å²) in [5, 5.41) is 0.762. The van der Waals surface area contributed by atoms with Crippen LogP contribution >= 0.6 is 23.2 Å². The topological polar surface area (TPSA) is 40.6 Å². The molecule has 0 aromatic heterocycles. The van der Waals surface area contributed by atoms with Crippen LogP contribution in [0.2, 0.25) is 10.0 Å². The number of likely N-dealkylation sites (tertiary alicyclic amines) is 1. The lowest BCUT2D eigenvalue weighted by atomic mass is 10.0. The van der Waals surface area contributed by atoms with Crippen LogP contribution in [-0.2, 0) is 9.59 Å². The number of carbonyl (C=O) groups excluding carboxylic acids is 2. The second-order valence-electron chi connectivity index (χ2n) is 7.21. The minimum Gasteiger partial charge on any atom is -0.366 e. The van der Waals surface area contributed by atoms with Crippen LogP contribution in [-0.4, -0.2) is 29.8 Å². The van der Waals surface area contributed by atoms with Crippen LogP contribution in [0, 0.1) is 6.92 Å². The van der Waals surface area contributed by atoms with Gasteiger partial charge < -0.3 is 4.90 Å². The Hall–Kier alpha value is -2.30. The van der Waals surface area contributed by atoms with E-state index in [-0.39, 0.29) is 11.8 Å². The summed E-state index contributed by atoms with van der Waals surface area (Å²) in [4.78, 5) is 30.1. The molecule has 0 aliphatic carbocycles. The van der Waals surface area contributed by atoms with E-state index in [1.165, 1.54) is 4.90 Å². The Balaban J connectivity index is 1.84. The smallest absolute Gasteiger partial charge is 0.282 e. The number of anilines is 1. The molecule has 0 radical (unpaired) electrons. The van der Waals surface area contributed by atoms with Gasteiger partial charge in [0.2, 0.25) is 0 Å². The first-order chi connectivity index (χ1) is 13.5. The molecule has 0 saturated carbocycles. The molecule has 4 rings (SSSR count). The molecule has 2 aromatic carbocycles. The van der Waals surface area contributed by atoms with E-state index >= 15 is 0 Å². The molecule has 2 amide bonds. The Morgan fingerprint density at radius 3 is 2.04 bits per heavy atom. The second-order valence-corrected chi connectivity index (χ2v) is 8.08. The first kappa shape index (κ1) is 19.0. The molecule has 6 heteroatoms. The molecule has 1 fully saturated rings. The average Bonchev–Trinajstić information content (AvgIpc) is 2.93. The summed E-state index contributed by atoms with van der Waals surface area (Å²) in [6, 6.07) is 12.5. The van der Waals surface area contributed by atoms with Crippen LogP contribution in [0.1, 0.15) is 30.4 Å². The molecule has 4 nitrogen and oxygen atoms in total. The molecule has 144 valence electrons. The first-order valence-corrected chi connectivity index (χ1v) is 10.1. The van der Waals surface area contributed by atoms with Crippen molar-refractivity contribution in [2.45, 2.75) is 26.2 Å². The minimum atomic E-state index is -0.340. The second kappa shape index (κ2) is 7.61. The summed E-state index contributed by atoms with van der Waals surface area (Å²) >= 11 is 12.2. The van der Waals surface area contributed by atoms with E-state index in [1.54, 1.807) is 18.2 Å². The monoisotopic (exact) mass is 414 g/mol. The summed E-state index contributed by atoms with van der Waals surface area (Å²) in [6.45, 7) is 3.54. The van der Waals surface area contributed by atoms with Gasteiger partial charge in [-0.05, 0) is 49.9 Å². The summed E-state index contributed by atoms with van der Waals surface area (Å²) in [5.41, 5.74) is 3.16. The van der Waals surface area contributed by atoms with Crippen LogP contribution in [0.25, 0.3) is 5.57 Å². The zero-order chi connectivity index (χ0) is 19.8. The number of benzene rings is 2. The molecule has 1 saturated heterocycles. The molecular formula is C22H20Cl2N2O2. The molecule has 2 aromatic rings. The largest absolute Gasteiger partial charge is 0.366 e. The molecule has 28 heavy (non-hydrogen) atoms. The van der Waals surface area contributed by atoms with E-state index in [0.29, 0.717) is 27.0 Å². The van der Waals surface area contributed by atoms with Crippen molar-refractivity contribution in [2.24, 2.45) is 0 Å². The zero-order valence-corrected chi connectivity index (χ0v) is 17.1. The molecule has 0 bridgehead atoms. The van der Waals surface area contributed by atoms with Crippen LogP contribution < -0.4 is 4.90 Å². The fourth-order valence-corrected chi connectivity index (χ4v) is 4.33. The number of hydrogen-bond acceptors (Lipinski definition) is 3. The van der Waals surface area contributed by atoms with Crippen molar-refractivity contribution in [3.63, 3.8) is 0 Å². The Morgan fingerprint density at radius 2 is 1.43 bits per heavy atom. The highest BCUT2D eigenvalue weighted by Crippen LogP contribution is 2.37. The SMILES string of the molecule is Cc1ccc(C2=C(N3CCCCC3)C(=O)N(c3cc(Cl)cc(Cl)c3)C2=O)cc1. The highest BCUT2D eigenvalue weighted by molar-refractivity contribution is 6.46. The number of piperidine rings is 1. The van der Waals surface area contributed by atoms with Gasteiger partial charge in [-0.1, -0.05) is 53.0 Å². The van der Waals surface area contributed by atoms with Gasteiger partial charge >= 0.3 is 0 Å². The highest BCUT2D eigenvalue weighted by Gasteiger charge is 2.42. The van der Waals surface area contributed by atoms with Gasteiger partial charge in [0.1, 0.15) is 5.70 Å².